The second kappa shape index (κ2) is 32.1. The predicted molar refractivity (Wildman–Crippen MR) is 124 cm³/mol. The van der Waals surface area contributed by atoms with Crippen LogP contribution in [0.1, 0.15) is 161 Å². The van der Waals surface area contributed by atoms with Crippen molar-refractivity contribution in [2.24, 2.45) is 0 Å². The number of carboxylic acids is 1. The summed E-state index contributed by atoms with van der Waals surface area (Å²) in [5, 5.41) is 8.59. The van der Waals surface area contributed by atoms with Crippen LogP contribution in [0, 0.1) is 0 Å². The molecule has 0 aliphatic heterocycles. The molecule has 0 spiro atoms. The number of unbranched alkanes of at least 4 members (excludes halogenated alkanes) is 22. The minimum atomic E-state index is -0.650. The molecule has 0 aromatic rings. The average Bonchev–Trinajstić information content (AvgIpc) is 2.68. The van der Waals surface area contributed by atoms with Gasteiger partial charge in [0.2, 0.25) is 0 Å². The van der Waals surface area contributed by atoms with Crippen LogP contribution < -0.4 is 0 Å². The second-order valence-electron chi connectivity index (χ2n) is 8.92. The van der Waals surface area contributed by atoms with Crippen molar-refractivity contribution >= 4 is 5.97 Å². The molecule has 0 bridgehead atoms. The standard InChI is InChI=1S/C26H52O2.2Ag/c1-2-3-4-5-6-7-8-9-10-11-12-13-14-15-16-17-18-19-20-21-22-23-24-25-26(27)28;;/h2-25H2,1H3,(H,27,28);;. The number of rotatable bonds is 24. The third kappa shape index (κ3) is 33.6. The van der Waals surface area contributed by atoms with Crippen molar-refractivity contribution in [1.82, 2.24) is 0 Å². The van der Waals surface area contributed by atoms with Gasteiger partial charge < -0.3 is 5.11 Å². The number of hydrogen-bond donors (Lipinski definition) is 1. The van der Waals surface area contributed by atoms with Gasteiger partial charge in [0.25, 0.3) is 0 Å². The fourth-order valence-corrected chi connectivity index (χ4v) is 4.06. The first kappa shape index (κ1) is 35.5. The van der Waals surface area contributed by atoms with E-state index in [9.17, 15) is 4.79 Å². The van der Waals surface area contributed by atoms with Crippen LogP contribution in [0.4, 0.5) is 0 Å². The summed E-state index contributed by atoms with van der Waals surface area (Å²) in [5.74, 6) is -0.650. The zero-order valence-electron chi connectivity index (χ0n) is 19.9. The van der Waals surface area contributed by atoms with E-state index in [0.29, 0.717) is 6.42 Å². The minimum absolute atomic E-state index is 0. The van der Waals surface area contributed by atoms with Gasteiger partial charge in [-0.1, -0.05) is 148 Å². The summed E-state index contributed by atoms with van der Waals surface area (Å²) in [6, 6.07) is 0. The van der Waals surface area contributed by atoms with Crippen LogP contribution in [0.2, 0.25) is 0 Å². The molecule has 0 aromatic heterocycles. The third-order valence-electron chi connectivity index (χ3n) is 5.99. The summed E-state index contributed by atoms with van der Waals surface area (Å²) in [6.07, 6.45) is 32.0. The van der Waals surface area contributed by atoms with Crippen LogP contribution in [0.5, 0.6) is 0 Å². The molecule has 0 saturated heterocycles. The van der Waals surface area contributed by atoms with Crippen molar-refractivity contribution in [3.8, 4) is 0 Å². The molecule has 190 valence electrons. The molecule has 4 heteroatoms. The van der Waals surface area contributed by atoms with Crippen LogP contribution >= 0.6 is 0 Å². The van der Waals surface area contributed by atoms with Crippen molar-refractivity contribution in [3.05, 3.63) is 0 Å². The molecule has 30 heavy (non-hydrogen) atoms. The van der Waals surface area contributed by atoms with Gasteiger partial charge in [-0.3, -0.25) is 4.79 Å². The van der Waals surface area contributed by atoms with Crippen molar-refractivity contribution in [2.75, 3.05) is 0 Å². The van der Waals surface area contributed by atoms with Gasteiger partial charge in [0.05, 0.1) is 0 Å². The Labute approximate surface area is 220 Å². The van der Waals surface area contributed by atoms with E-state index < -0.39 is 5.97 Å². The van der Waals surface area contributed by atoms with Crippen molar-refractivity contribution in [3.63, 3.8) is 0 Å². The van der Waals surface area contributed by atoms with Gasteiger partial charge in [-0.2, -0.15) is 0 Å². The first-order valence-corrected chi connectivity index (χ1v) is 13.0. The summed E-state index contributed by atoms with van der Waals surface area (Å²) in [4.78, 5) is 10.4. The first-order valence-electron chi connectivity index (χ1n) is 13.0. The monoisotopic (exact) mass is 610 g/mol. The molecule has 0 amide bonds. The molecule has 0 atom stereocenters. The fraction of sp³-hybridized carbons (Fsp3) is 0.962. The Morgan fingerprint density at radius 3 is 0.833 bits per heavy atom. The second-order valence-corrected chi connectivity index (χ2v) is 8.92. The van der Waals surface area contributed by atoms with E-state index >= 15 is 0 Å². The van der Waals surface area contributed by atoms with E-state index in [0.717, 1.165) is 12.8 Å². The van der Waals surface area contributed by atoms with Crippen LogP contribution in [0.25, 0.3) is 0 Å². The van der Waals surface area contributed by atoms with Gasteiger partial charge in [-0.15, -0.1) is 0 Å². The van der Waals surface area contributed by atoms with E-state index in [-0.39, 0.29) is 44.8 Å². The summed E-state index contributed by atoms with van der Waals surface area (Å²) in [6.45, 7) is 2.29. The molecular formula is C26H52Ag2O2. The zero-order valence-corrected chi connectivity index (χ0v) is 22.9. The van der Waals surface area contributed by atoms with Crippen molar-refractivity contribution in [2.45, 2.75) is 161 Å². The maximum Gasteiger partial charge on any atom is 0.303 e. The molecule has 0 aromatic carbocycles. The number of carboxylic acid groups (broad SMARTS) is 1. The zero-order chi connectivity index (χ0) is 20.5. The van der Waals surface area contributed by atoms with Crippen LogP contribution in [0.15, 0.2) is 0 Å². The van der Waals surface area contributed by atoms with Gasteiger partial charge in [0, 0.05) is 51.2 Å². The first-order chi connectivity index (χ1) is 13.8. The summed E-state index contributed by atoms with van der Waals surface area (Å²) in [5.41, 5.74) is 0. The Morgan fingerprint density at radius 1 is 0.433 bits per heavy atom. The van der Waals surface area contributed by atoms with Crippen LogP contribution in [-0.4, -0.2) is 11.1 Å². The van der Waals surface area contributed by atoms with Gasteiger partial charge in [-0.25, -0.2) is 0 Å². The average molecular weight is 612 g/mol. The fourth-order valence-electron chi connectivity index (χ4n) is 4.06. The van der Waals surface area contributed by atoms with Gasteiger partial charge in [0.15, 0.2) is 0 Å². The Bertz CT molecular complexity index is 311. The molecule has 0 heterocycles. The maximum atomic E-state index is 10.4. The molecule has 0 rings (SSSR count). The summed E-state index contributed by atoms with van der Waals surface area (Å²) >= 11 is 0. The van der Waals surface area contributed by atoms with E-state index in [4.69, 9.17) is 5.11 Å². The maximum absolute atomic E-state index is 10.4. The number of aliphatic carboxylic acids is 1. The van der Waals surface area contributed by atoms with E-state index in [2.05, 4.69) is 6.92 Å². The minimum Gasteiger partial charge on any atom is -0.481 e. The molecule has 0 unspecified atom stereocenters. The summed E-state index contributed by atoms with van der Waals surface area (Å²) in [7, 11) is 0. The van der Waals surface area contributed by atoms with E-state index in [1.807, 2.05) is 0 Å². The molecular weight excluding hydrogens is 560 g/mol. The Morgan fingerprint density at radius 2 is 0.633 bits per heavy atom. The molecule has 0 fully saturated rings. The normalized spacial score (nSPS) is 10.4. The molecule has 2 radical (unpaired) electrons. The molecule has 1 N–H and O–H groups in total. The van der Waals surface area contributed by atoms with Crippen LogP contribution in [0.3, 0.4) is 0 Å². The van der Waals surface area contributed by atoms with E-state index in [1.165, 1.54) is 135 Å². The molecule has 0 aliphatic rings. The van der Waals surface area contributed by atoms with Gasteiger partial charge in [0.1, 0.15) is 0 Å². The van der Waals surface area contributed by atoms with Gasteiger partial charge in [-0.05, 0) is 6.42 Å². The topological polar surface area (TPSA) is 37.3 Å². The largest absolute Gasteiger partial charge is 0.481 e. The molecule has 0 aliphatic carbocycles. The third-order valence-corrected chi connectivity index (χ3v) is 5.99. The predicted octanol–water partition coefficient (Wildman–Crippen LogP) is 9.45. The van der Waals surface area contributed by atoms with Crippen molar-refractivity contribution in [1.29, 1.82) is 0 Å². The molecule has 0 saturated carbocycles. The number of carbonyl (C=O) groups is 1. The Kier molecular flexibility index (Phi) is 38.1. The number of hydrogen-bond acceptors (Lipinski definition) is 1. The summed E-state index contributed by atoms with van der Waals surface area (Å²) < 4.78 is 0. The van der Waals surface area contributed by atoms with E-state index in [1.54, 1.807) is 0 Å². The SMILES string of the molecule is CCCCCCCCCCCCCCCCCCCCCCCCCC(=O)O.[Ag].[Ag]. The quantitative estimate of drug-likeness (QED) is 0.0871. The Hall–Kier alpha value is 0.951. The Balaban J connectivity index is -0.00000364. The van der Waals surface area contributed by atoms with Crippen molar-refractivity contribution < 1.29 is 54.7 Å². The smallest absolute Gasteiger partial charge is 0.303 e. The van der Waals surface area contributed by atoms with Crippen LogP contribution in [-0.2, 0) is 49.6 Å². The van der Waals surface area contributed by atoms with Gasteiger partial charge >= 0.3 is 5.97 Å². The molecule has 2 nitrogen and oxygen atoms in total.